The van der Waals surface area contributed by atoms with Gasteiger partial charge < -0.3 is 5.73 Å². The van der Waals surface area contributed by atoms with Gasteiger partial charge in [0.2, 0.25) is 0 Å². The highest BCUT2D eigenvalue weighted by Gasteiger charge is 2.27. The van der Waals surface area contributed by atoms with E-state index in [9.17, 15) is 4.39 Å². The van der Waals surface area contributed by atoms with Crippen molar-refractivity contribution in [1.29, 1.82) is 0 Å². The Morgan fingerprint density at radius 3 is 2.47 bits per heavy atom. The molecule has 0 heterocycles. The summed E-state index contributed by atoms with van der Waals surface area (Å²) in [4.78, 5) is 0. The zero-order chi connectivity index (χ0) is 12.3. The number of nitrogens with two attached hydrogens (primary N) is 1. The van der Waals surface area contributed by atoms with E-state index in [1.54, 1.807) is 6.07 Å². The normalized spacial score (nSPS) is 19.9. The van der Waals surface area contributed by atoms with E-state index in [1.165, 1.54) is 31.7 Å². The first-order valence-corrected chi connectivity index (χ1v) is 7.11. The summed E-state index contributed by atoms with van der Waals surface area (Å²) < 4.78 is 14.6. The molecule has 0 unspecified atom stereocenters. The van der Waals surface area contributed by atoms with E-state index in [0.717, 1.165) is 22.9 Å². The van der Waals surface area contributed by atoms with Crippen LogP contribution in [0.25, 0.3) is 0 Å². The fourth-order valence-corrected chi connectivity index (χ4v) is 3.08. The fraction of sp³-hybridized carbons (Fsp3) is 0.571. The molecule has 1 saturated carbocycles. The lowest BCUT2D eigenvalue weighted by atomic mass is 9.85. The van der Waals surface area contributed by atoms with Crippen molar-refractivity contribution in [1.82, 2.24) is 0 Å². The van der Waals surface area contributed by atoms with E-state index >= 15 is 0 Å². The molecule has 0 radical (unpaired) electrons. The summed E-state index contributed by atoms with van der Waals surface area (Å²) in [6.07, 6.45) is 7.55. The molecule has 0 amide bonds. The van der Waals surface area contributed by atoms with Gasteiger partial charge >= 0.3 is 0 Å². The van der Waals surface area contributed by atoms with Gasteiger partial charge in [-0.2, -0.15) is 0 Å². The van der Waals surface area contributed by atoms with Crippen LogP contribution in [0.3, 0.4) is 0 Å². The summed E-state index contributed by atoms with van der Waals surface area (Å²) in [5.74, 6) is -0.137. The Morgan fingerprint density at radius 1 is 1.18 bits per heavy atom. The minimum atomic E-state index is -0.210. The summed E-state index contributed by atoms with van der Waals surface area (Å²) in [6, 6.07) is 5.10. The molecule has 94 valence electrons. The van der Waals surface area contributed by atoms with Crippen molar-refractivity contribution in [2.45, 2.75) is 50.5 Å². The van der Waals surface area contributed by atoms with Crippen molar-refractivity contribution >= 4 is 15.9 Å². The van der Waals surface area contributed by atoms with Crippen LogP contribution in [0.1, 0.15) is 44.1 Å². The number of hydrogen-bond donors (Lipinski definition) is 1. The van der Waals surface area contributed by atoms with Gasteiger partial charge in [0.25, 0.3) is 0 Å². The van der Waals surface area contributed by atoms with Crippen LogP contribution in [0.4, 0.5) is 4.39 Å². The van der Waals surface area contributed by atoms with Gasteiger partial charge in [-0.15, -0.1) is 0 Å². The van der Waals surface area contributed by atoms with Gasteiger partial charge in [-0.05, 0) is 43.0 Å². The van der Waals surface area contributed by atoms with E-state index < -0.39 is 0 Å². The van der Waals surface area contributed by atoms with Crippen LogP contribution >= 0.6 is 15.9 Å². The average Bonchev–Trinajstić information content (AvgIpc) is 2.49. The Kier molecular flexibility index (Phi) is 4.21. The second-order valence-electron chi connectivity index (χ2n) is 5.19. The van der Waals surface area contributed by atoms with Crippen LogP contribution in [-0.2, 0) is 6.42 Å². The van der Waals surface area contributed by atoms with E-state index in [1.807, 2.05) is 6.07 Å². The monoisotopic (exact) mass is 299 g/mol. The minimum Gasteiger partial charge on any atom is -0.325 e. The van der Waals surface area contributed by atoms with Crippen LogP contribution in [0, 0.1) is 5.82 Å². The topological polar surface area (TPSA) is 26.0 Å². The van der Waals surface area contributed by atoms with Crippen molar-refractivity contribution in [3.05, 3.63) is 34.1 Å². The van der Waals surface area contributed by atoms with Crippen molar-refractivity contribution < 1.29 is 4.39 Å². The van der Waals surface area contributed by atoms with Gasteiger partial charge in [0.05, 0.1) is 0 Å². The van der Waals surface area contributed by atoms with Crippen LogP contribution in [0.15, 0.2) is 22.7 Å². The fourth-order valence-electron chi connectivity index (χ4n) is 2.67. The summed E-state index contributed by atoms with van der Waals surface area (Å²) in [7, 11) is 0. The molecule has 0 saturated heterocycles. The van der Waals surface area contributed by atoms with Crippen molar-refractivity contribution in [3.8, 4) is 0 Å². The molecule has 17 heavy (non-hydrogen) atoms. The highest BCUT2D eigenvalue weighted by molar-refractivity contribution is 9.10. The Morgan fingerprint density at radius 2 is 1.82 bits per heavy atom. The number of rotatable bonds is 2. The Hall–Kier alpha value is -0.410. The van der Waals surface area contributed by atoms with Gasteiger partial charge in [0.1, 0.15) is 5.82 Å². The molecule has 1 aromatic rings. The zero-order valence-electron chi connectivity index (χ0n) is 10.0. The van der Waals surface area contributed by atoms with Crippen molar-refractivity contribution in [2.75, 3.05) is 0 Å². The van der Waals surface area contributed by atoms with Crippen LogP contribution < -0.4 is 5.73 Å². The second kappa shape index (κ2) is 5.49. The molecule has 2 N–H and O–H groups in total. The Bertz CT molecular complexity index is 384. The third-order valence-corrected chi connectivity index (χ3v) is 4.14. The quantitative estimate of drug-likeness (QED) is 0.815. The highest BCUT2D eigenvalue weighted by atomic mass is 79.9. The standard InChI is InChI=1S/C14H19BrFN/c15-12-5-6-13(16)11(9-12)10-14(17)7-3-1-2-4-8-14/h5-6,9H,1-4,7-8,10,17H2. The maximum atomic E-state index is 13.7. The molecule has 1 aliphatic rings. The molecule has 0 spiro atoms. The van der Waals surface area contributed by atoms with Crippen LogP contribution in [0.2, 0.25) is 0 Å². The lowest BCUT2D eigenvalue weighted by Gasteiger charge is -2.28. The molecule has 0 aliphatic heterocycles. The summed E-state index contributed by atoms with van der Waals surface area (Å²) in [6.45, 7) is 0. The maximum Gasteiger partial charge on any atom is 0.126 e. The Labute approximate surface area is 111 Å². The summed E-state index contributed by atoms with van der Waals surface area (Å²) >= 11 is 3.39. The van der Waals surface area contributed by atoms with Crippen molar-refractivity contribution in [2.24, 2.45) is 5.73 Å². The first-order chi connectivity index (χ1) is 8.09. The number of halogens is 2. The second-order valence-corrected chi connectivity index (χ2v) is 6.10. The first kappa shape index (κ1) is 13.0. The molecular weight excluding hydrogens is 281 g/mol. The Balaban J connectivity index is 2.15. The van der Waals surface area contributed by atoms with E-state index in [0.29, 0.717) is 6.42 Å². The van der Waals surface area contributed by atoms with Crippen LogP contribution in [-0.4, -0.2) is 5.54 Å². The molecule has 0 atom stereocenters. The third-order valence-electron chi connectivity index (χ3n) is 3.65. The smallest absolute Gasteiger partial charge is 0.126 e. The first-order valence-electron chi connectivity index (χ1n) is 6.32. The molecule has 1 nitrogen and oxygen atoms in total. The van der Waals surface area contributed by atoms with Gasteiger partial charge in [-0.25, -0.2) is 4.39 Å². The lowest BCUT2D eigenvalue weighted by Crippen LogP contribution is -2.41. The summed E-state index contributed by atoms with van der Waals surface area (Å²) in [5, 5.41) is 0. The van der Waals surface area contributed by atoms with Gasteiger partial charge in [0, 0.05) is 10.0 Å². The third kappa shape index (κ3) is 3.52. The molecule has 0 aromatic heterocycles. The predicted octanol–water partition coefficient (Wildman–Crippen LogP) is 4.18. The van der Waals surface area contributed by atoms with Crippen molar-refractivity contribution in [3.63, 3.8) is 0 Å². The number of benzene rings is 1. The van der Waals surface area contributed by atoms with Crippen LogP contribution in [0.5, 0.6) is 0 Å². The zero-order valence-corrected chi connectivity index (χ0v) is 11.6. The summed E-state index contributed by atoms with van der Waals surface area (Å²) in [5.41, 5.74) is 6.96. The van der Waals surface area contributed by atoms with Gasteiger partial charge in [-0.1, -0.05) is 41.6 Å². The van der Waals surface area contributed by atoms with Gasteiger partial charge in [-0.3, -0.25) is 0 Å². The molecule has 3 heteroatoms. The van der Waals surface area contributed by atoms with E-state index in [4.69, 9.17) is 5.73 Å². The lowest BCUT2D eigenvalue weighted by molar-refractivity contribution is 0.364. The molecule has 1 fully saturated rings. The minimum absolute atomic E-state index is 0.137. The molecule has 0 bridgehead atoms. The SMILES string of the molecule is NC1(Cc2cc(Br)ccc2F)CCCCCC1. The van der Waals surface area contributed by atoms with E-state index in [2.05, 4.69) is 15.9 Å². The average molecular weight is 300 g/mol. The molecular formula is C14H19BrFN. The molecule has 1 aromatic carbocycles. The van der Waals surface area contributed by atoms with E-state index in [-0.39, 0.29) is 11.4 Å². The molecule has 2 rings (SSSR count). The molecule has 1 aliphatic carbocycles. The number of hydrogen-bond acceptors (Lipinski definition) is 1. The van der Waals surface area contributed by atoms with Gasteiger partial charge in [0.15, 0.2) is 0 Å². The predicted molar refractivity (Wildman–Crippen MR) is 72.4 cm³/mol. The highest BCUT2D eigenvalue weighted by Crippen LogP contribution is 2.29. The largest absolute Gasteiger partial charge is 0.325 e. The maximum absolute atomic E-state index is 13.7.